The smallest absolute Gasteiger partial charge is 0.260 e. The predicted molar refractivity (Wildman–Crippen MR) is 124 cm³/mol. The van der Waals surface area contributed by atoms with Crippen molar-refractivity contribution in [2.24, 2.45) is 0 Å². The minimum Gasteiger partial charge on any atom is -0.497 e. The van der Waals surface area contributed by atoms with Crippen molar-refractivity contribution < 1.29 is 14.3 Å². The third kappa shape index (κ3) is 5.60. The number of likely N-dealkylation sites (N-methyl/N-ethyl adjacent to an activating group) is 1. The van der Waals surface area contributed by atoms with Crippen molar-refractivity contribution in [2.75, 3.05) is 46.3 Å². The highest BCUT2D eigenvalue weighted by Gasteiger charge is 2.22. The lowest BCUT2D eigenvalue weighted by Crippen LogP contribution is -2.36. The molecule has 0 radical (unpaired) electrons. The fourth-order valence-electron chi connectivity index (χ4n) is 2.67. The third-order valence-corrected chi connectivity index (χ3v) is 5.72. The summed E-state index contributed by atoms with van der Waals surface area (Å²) in [6.45, 7) is 1.23. The summed E-state index contributed by atoms with van der Waals surface area (Å²) in [6, 6.07) is 11.1. The molecule has 0 aliphatic carbocycles. The van der Waals surface area contributed by atoms with Gasteiger partial charge in [0, 0.05) is 29.2 Å². The van der Waals surface area contributed by atoms with E-state index in [9.17, 15) is 4.79 Å². The van der Waals surface area contributed by atoms with Gasteiger partial charge in [-0.15, -0.1) is 12.4 Å². The molecule has 3 aromatic rings. The van der Waals surface area contributed by atoms with Crippen LogP contribution in [0.3, 0.4) is 0 Å². The van der Waals surface area contributed by atoms with Crippen molar-refractivity contribution >= 4 is 60.9 Å². The average Bonchev–Trinajstić information content (AvgIpc) is 3.09. The molecule has 29 heavy (non-hydrogen) atoms. The molecular formula is C20H23BrClN3O3S. The van der Waals surface area contributed by atoms with Crippen LogP contribution in [0.15, 0.2) is 40.9 Å². The Bertz CT molecular complexity index is 974. The van der Waals surface area contributed by atoms with Gasteiger partial charge in [0.25, 0.3) is 5.91 Å². The van der Waals surface area contributed by atoms with Crippen LogP contribution in [-0.2, 0) is 0 Å². The van der Waals surface area contributed by atoms with Crippen LogP contribution in [0.5, 0.6) is 11.5 Å². The molecule has 0 saturated heterocycles. The third-order valence-electron chi connectivity index (χ3n) is 4.18. The summed E-state index contributed by atoms with van der Waals surface area (Å²) in [7, 11) is 7.09. The predicted octanol–water partition coefficient (Wildman–Crippen LogP) is 4.71. The van der Waals surface area contributed by atoms with Gasteiger partial charge >= 0.3 is 0 Å². The van der Waals surface area contributed by atoms with Gasteiger partial charge in [0.15, 0.2) is 5.13 Å². The van der Waals surface area contributed by atoms with Crippen molar-refractivity contribution in [3.05, 3.63) is 46.4 Å². The SMILES string of the molecule is COc1cc(OC)cc(C(=O)N(CCN(C)C)c2nc3ccc(Br)cc3s2)c1.Cl. The van der Waals surface area contributed by atoms with Crippen LogP contribution in [0.1, 0.15) is 10.4 Å². The zero-order valence-electron chi connectivity index (χ0n) is 16.6. The summed E-state index contributed by atoms with van der Waals surface area (Å²) >= 11 is 4.99. The number of ether oxygens (including phenoxy) is 2. The van der Waals surface area contributed by atoms with E-state index in [0.29, 0.717) is 35.3 Å². The number of aromatic nitrogens is 1. The van der Waals surface area contributed by atoms with Crippen LogP contribution in [0.4, 0.5) is 5.13 Å². The van der Waals surface area contributed by atoms with Gasteiger partial charge in [-0.3, -0.25) is 9.69 Å². The van der Waals surface area contributed by atoms with Gasteiger partial charge in [-0.1, -0.05) is 27.3 Å². The van der Waals surface area contributed by atoms with Crippen LogP contribution >= 0.6 is 39.7 Å². The van der Waals surface area contributed by atoms with E-state index in [0.717, 1.165) is 14.7 Å². The standard InChI is InChI=1S/C20H22BrN3O3S.ClH/c1-23(2)7-8-24(20-22-17-6-5-14(21)11-18(17)28-20)19(25)13-9-15(26-3)12-16(10-13)27-4;/h5-6,9-12H,7-8H2,1-4H3;1H. The molecule has 2 aromatic carbocycles. The molecule has 3 rings (SSSR count). The Morgan fingerprint density at radius 1 is 1.07 bits per heavy atom. The summed E-state index contributed by atoms with van der Waals surface area (Å²) < 4.78 is 12.6. The Hall–Kier alpha value is -1.87. The fourth-order valence-corrected chi connectivity index (χ4v) is 4.21. The number of rotatable bonds is 7. The van der Waals surface area contributed by atoms with E-state index < -0.39 is 0 Å². The molecule has 1 aromatic heterocycles. The highest BCUT2D eigenvalue weighted by atomic mass is 79.9. The minimum atomic E-state index is -0.142. The molecular weight excluding hydrogens is 478 g/mol. The maximum absolute atomic E-state index is 13.4. The number of hydrogen-bond acceptors (Lipinski definition) is 6. The zero-order chi connectivity index (χ0) is 20.3. The monoisotopic (exact) mass is 499 g/mol. The zero-order valence-corrected chi connectivity index (χ0v) is 19.9. The molecule has 0 unspecified atom stereocenters. The molecule has 1 heterocycles. The Morgan fingerprint density at radius 2 is 1.72 bits per heavy atom. The quantitative estimate of drug-likeness (QED) is 0.470. The molecule has 0 fully saturated rings. The largest absolute Gasteiger partial charge is 0.497 e. The first-order valence-electron chi connectivity index (χ1n) is 8.67. The first kappa shape index (κ1) is 23.4. The number of benzene rings is 2. The number of thiazole rings is 1. The van der Waals surface area contributed by atoms with E-state index in [1.165, 1.54) is 11.3 Å². The minimum absolute atomic E-state index is 0. The number of carbonyl (C=O) groups excluding carboxylic acids is 1. The van der Waals surface area contributed by atoms with Crippen LogP contribution in [0, 0.1) is 0 Å². The van der Waals surface area contributed by atoms with E-state index in [-0.39, 0.29) is 18.3 Å². The van der Waals surface area contributed by atoms with Crippen molar-refractivity contribution in [2.45, 2.75) is 0 Å². The molecule has 0 N–H and O–H groups in total. The molecule has 6 nitrogen and oxygen atoms in total. The lowest BCUT2D eigenvalue weighted by molar-refractivity contribution is 0.0984. The number of anilines is 1. The molecule has 156 valence electrons. The second-order valence-corrected chi connectivity index (χ2v) is 8.39. The number of amides is 1. The van der Waals surface area contributed by atoms with E-state index >= 15 is 0 Å². The van der Waals surface area contributed by atoms with Crippen LogP contribution in [-0.4, -0.2) is 57.2 Å². The molecule has 0 aliphatic rings. The van der Waals surface area contributed by atoms with Crippen molar-refractivity contribution in [1.82, 2.24) is 9.88 Å². The first-order chi connectivity index (χ1) is 13.4. The first-order valence-corrected chi connectivity index (χ1v) is 10.3. The number of methoxy groups -OCH3 is 2. The summed E-state index contributed by atoms with van der Waals surface area (Å²) in [5.74, 6) is 1.00. The normalized spacial score (nSPS) is 10.7. The summed E-state index contributed by atoms with van der Waals surface area (Å²) in [5.41, 5.74) is 1.37. The van der Waals surface area contributed by atoms with Crippen LogP contribution < -0.4 is 14.4 Å². The summed E-state index contributed by atoms with van der Waals surface area (Å²) in [5, 5.41) is 0.668. The topological polar surface area (TPSA) is 54.9 Å². The van der Waals surface area contributed by atoms with Gasteiger partial charge in [-0.25, -0.2) is 4.98 Å². The van der Waals surface area contributed by atoms with Gasteiger partial charge in [0.05, 0.1) is 24.4 Å². The number of carbonyl (C=O) groups is 1. The van der Waals surface area contributed by atoms with Gasteiger partial charge in [0.2, 0.25) is 0 Å². The number of nitrogens with zero attached hydrogens (tertiary/aromatic N) is 3. The van der Waals surface area contributed by atoms with Gasteiger partial charge < -0.3 is 14.4 Å². The highest BCUT2D eigenvalue weighted by Crippen LogP contribution is 2.32. The molecule has 1 amide bonds. The van der Waals surface area contributed by atoms with Gasteiger partial charge in [-0.2, -0.15) is 0 Å². The summed E-state index contributed by atoms with van der Waals surface area (Å²) in [4.78, 5) is 21.8. The Morgan fingerprint density at radius 3 is 2.31 bits per heavy atom. The lowest BCUT2D eigenvalue weighted by atomic mass is 10.1. The molecule has 9 heteroatoms. The van der Waals surface area contributed by atoms with Crippen molar-refractivity contribution in [3.63, 3.8) is 0 Å². The number of hydrogen-bond donors (Lipinski definition) is 0. The number of fused-ring (bicyclic) bond motifs is 1. The maximum Gasteiger partial charge on any atom is 0.260 e. The fraction of sp³-hybridized carbons (Fsp3) is 0.300. The Labute approximate surface area is 189 Å². The van der Waals surface area contributed by atoms with E-state index in [1.807, 2.05) is 37.2 Å². The highest BCUT2D eigenvalue weighted by molar-refractivity contribution is 9.10. The molecule has 0 saturated carbocycles. The maximum atomic E-state index is 13.4. The van der Waals surface area contributed by atoms with Crippen molar-refractivity contribution in [3.8, 4) is 11.5 Å². The van der Waals surface area contributed by atoms with Crippen LogP contribution in [0.25, 0.3) is 10.2 Å². The number of halogens is 2. The van der Waals surface area contributed by atoms with E-state index in [2.05, 4.69) is 20.9 Å². The van der Waals surface area contributed by atoms with E-state index in [4.69, 9.17) is 9.47 Å². The molecule has 0 atom stereocenters. The molecule has 0 spiro atoms. The molecule has 0 bridgehead atoms. The van der Waals surface area contributed by atoms with Gasteiger partial charge in [0.1, 0.15) is 11.5 Å². The van der Waals surface area contributed by atoms with Crippen LogP contribution in [0.2, 0.25) is 0 Å². The lowest BCUT2D eigenvalue weighted by Gasteiger charge is -2.22. The Kier molecular flexibility index (Phi) is 8.27. The molecule has 0 aliphatic heterocycles. The van der Waals surface area contributed by atoms with E-state index in [1.54, 1.807) is 37.3 Å². The second-order valence-electron chi connectivity index (χ2n) is 6.47. The van der Waals surface area contributed by atoms with Gasteiger partial charge in [-0.05, 0) is 44.4 Å². The second kappa shape index (κ2) is 10.2. The Balaban J connectivity index is 0.00000300. The van der Waals surface area contributed by atoms with Crippen molar-refractivity contribution in [1.29, 1.82) is 0 Å². The average molecular weight is 501 g/mol. The summed E-state index contributed by atoms with van der Waals surface area (Å²) in [6.07, 6.45) is 0.